The van der Waals surface area contributed by atoms with Crippen molar-refractivity contribution in [2.75, 3.05) is 12.9 Å². The number of hydrogen-bond acceptors (Lipinski definition) is 3. The van der Waals surface area contributed by atoms with E-state index in [0.717, 1.165) is 19.1 Å². The van der Waals surface area contributed by atoms with Gasteiger partial charge in [-0.25, -0.2) is 0 Å². The summed E-state index contributed by atoms with van der Waals surface area (Å²) in [6.45, 7) is 2.61. The molecule has 0 saturated heterocycles. The molecule has 4 heteroatoms. The SMILES string of the molecule is CCCCCCCCCCCC/C=C\CCCCCCCCOS(C)(=O)=O. The van der Waals surface area contributed by atoms with Crippen LogP contribution in [0.2, 0.25) is 0 Å². The molecular formula is C23H46O3S. The fourth-order valence-corrected chi connectivity index (χ4v) is 3.69. The van der Waals surface area contributed by atoms with E-state index in [1.165, 1.54) is 103 Å². The Morgan fingerprint density at radius 1 is 0.593 bits per heavy atom. The zero-order valence-electron chi connectivity index (χ0n) is 18.2. The summed E-state index contributed by atoms with van der Waals surface area (Å²) in [5, 5.41) is 0. The topological polar surface area (TPSA) is 43.4 Å². The summed E-state index contributed by atoms with van der Waals surface area (Å²) in [6.07, 6.45) is 29.2. The Kier molecular flexibility index (Phi) is 20.1. The second-order valence-corrected chi connectivity index (χ2v) is 9.52. The molecule has 162 valence electrons. The second-order valence-electron chi connectivity index (χ2n) is 7.88. The Hall–Kier alpha value is -0.350. The lowest BCUT2D eigenvalue weighted by Gasteiger charge is -2.02. The zero-order valence-corrected chi connectivity index (χ0v) is 19.0. The highest BCUT2D eigenvalue weighted by atomic mass is 32.2. The number of hydrogen-bond donors (Lipinski definition) is 0. The highest BCUT2D eigenvalue weighted by Crippen LogP contribution is 2.12. The van der Waals surface area contributed by atoms with Gasteiger partial charge in [-0.2, -0.15) is 8.42 Å². The minimum atomic E-state index is -3.26. The molecule has 0 aliphatic heterocycles. The largest absolute Gasteiger partial charge is 0.270 e. The molecule has 27 heavy (non-hydrogen) atoms. The van der Waals surface area contributed by atoms with Crippen LogP contribution in [0.3, 0.4) is 0 Å². The molecule has 0 unspecified atom stereocenters. The van der Waals surface area contributed by atoms with Crippen molar-refractivity contribution in [1.29, 1.82) is 0 Å². The third kappa shape index (κ3) is 25.7. The third-order valence-corrected chi connectivity index (χ3v) is 5.55. The van der Waals surface area contributed by atoms with Crippen molar-refractivity contribution >= 4 is 10.1 Å². The second kappa shape index (κ2) is 20.4. The quantitative estimate of drug-likeness (QED) is 0.113. The lowest BCUT2D eigenvalue weighted by Crippen LogP contribution is -2.03. The smallest absolute Gasteiger partial charge is 0.264 e. The van der Waals surface area contributed by atoms with Gasteiger partial charge in [-0.05, 0) is 32.1 Å². The monoisotopic (exact) mass is 402 g/mol. The van der Waals surface area contributed by atoms with Crippen molar-refractivity contribution < 1.29 is 12.6 Å². The van der Waals surface area contributed by atoms with E-state index in [1.807, 2.05) is 0 Å². The molecule has 0 aromatic rings. The minimum absolute atomic E-state index is 0.334. The molecule has 0 radical (unpaired) electrons. The molecule has 0 aromatic heterocycles. The average molecular weight is 403 g/mol. The van der Waals surface area contributed by atoms with E-state index in [9.17, 15) is 8.42 Å². The molecule has 0 aromatic carbocycles. The standard InChI is InChI=1S/C23H46O3S/c1-3-4-5-6-7-8-9-10-11-12-13-14-15-16-17-18-19-20-21-22-23-26-27(2,24)25/h14-15H,3-13,16-23H2,1-2H3/b15-14-. The van der Waals surface area contributed by atoms with Gasteiger partial charge in [0.25, 0.3) is 10.1 Å². The molecule has 0 aliphatic rings. The first-order valence-electron chi connectivity index (χ1n) is 11.6. The van der Waals surface area contributed by atoms with Crippen LogP contribution in [0.4, 0.5) is 0 Å². The summed E-state index contributed by atoms with van der Waals surface area (Å²) in [5.41, 5.74) is 0. The highest BCUT2D eigenvalue weighted by molar-refractivity contribution is 7.85. The molecule has 0 rings (SSSR count). The van der Waals surface area contributed by atoms with Gasteiger partial charge in [0.2, 0.25) is 0 Å². The van der Waals surface area contributed by atoms with Gasteiger partial charge in [0, 0.05) is 0 Å². The van der Waals surface area contributed by atoms with Crippen molar-refractivity contribution in [1.82, 2.24) is 0 Å². The molecule has 0 amide bonds. The summed E-state index contributed by atoms with van der Waals surface area (Å²) in [4.78, 5) is 0. The predicted octanol–water partition coefficient (Wildman–Crippen LogP) is 7.56. The zero-order chi connectivity index (χ0) is 20.1. The van der Waals surface area contributed by atoms with Gasteiger partial charge in [0.05, 0.1) is 12.9 Å². The van der Waals surface area contributed by atoms with E-state index in [1.54, 1.807) is 0 Å². The summed E-state index contributed by atoms with van der Waals surface area (Å²) in [6, 6.07) is 0. The van der Waals surface area contributed by atoms with E-state index in [4.69, 9.17) is 4.18 Å². The van der Waals surface area contributed by atoms with Gasteiger partial charge in [-0.1, -0.05) is 103 Å². The van der Waals surface area contributed by atoms with Gasteiger partial charge in [-0.3, -0.25) is 4.18 Å². The normalized spacial score (nSPS) is 12.2. The first-order valence-corrected chi connectivity index (χ1v) is 13.4. The van der Waals surface area contributed by atoms with E-state index in [0.29, 0.717) is 6.61 Å². The number of rotatable bonds is 21. The average Bonchev–Trinajstić information content (AvgIpc) is 2.62. The molecule has 0 N–H and O–H groups in total. The van der Waals surface area contributed by atoms with Crippen LogP contribution in [-0.2, 0) is 14.3 Å². The first-order chi connectivity index (χ1) is 13.1. The molecule has 0 saturated carbocycles. The molecule has 0 aliphatic carbocycles. The lowest BCUT2D eigenvalue weighted by molar-refractivity contribution is 0.309. The molecule has 0 atom stereocenters. The number of allylic oxidation sites excluding steroid dienone is 2. The van der Waals surface area contributed by atoms with Crippen molar-refractivity contribution in [3.05, 3.63) is 12.2 Å². The maximum atomic E-state index is 10.8. The molecular weight excluding hydrogens is 356 g/mol. The lowest BCUT2D eigenvalue weighted by atomic mass is 10.1. The Morgan fingerprint density at radius 2 is 0.963 bits per heavy atom. The van der Waals surface area contributed by atoms with Crippen LogP contribution in [0.1, 0.15) is 122 Å². The summed E-state index contributed by atoms with van der Waals surface area (Å²) in [7, 11) is -3.26. The van der Waals surface area contributed by atoms with Crippen LogP contribution in [0.15, 0.2) is 12.2 Å². The van der Waals surface area contributed by atoms with Crippen LogP contribution in [-0.4, -0.2) is 21.3 Å². The van der Waals surface area contributed by atoms with Crippen LogP contribution < -0.4 is 0 Å². The minimum Gasteiger partial charge on any atom is -0.270 e. The Morgan fingerprint density at radius 3 is 1.37 bits per heavy atom. The van der Waals surface area contributed by atoms with Crippen molar-refractivity contribution in [3.63, 3.8) is 0 Å². The van der Waals surface area contributed by atoms with E-state index in [-0.39, 0.29) is 0 Å². The maximum Gasteiger partial charge on any atom is 0.264 e. The Bertz CT molecular complexity index is 415. The maximum absolute atomic E-state index is 10.8. The molecule has 3 nitrogen and oxygen atoms in total. The molecule has 0 bridgehead atoms. The fraction of sp³-hybridized carbons (Fsp3) is 0.913. The summed E-state index contributed by atoms with van der Waals surface area (Å²) >= 11 is 0. The van der Waals surface area contributed by atoms with Crippen LogP contribution in [0, 0.1) is 0 Å². The predicted molar refractivity (Wildman–Crippen MR) is 119 cm³/mol. The summed E-state index contributed by atoms with van der Waals surface area (Å²) < 4.78 is 26.3. The van der Waals surface area contributed by atoms with Crippen molar-refractivity contribution in [2.45, 2.75) is 122 Å². The Labute approximate surface area is 170 Å². The van der Waals surface area contributed by atoms with Gasteiger partial charge in [0.1, 0.15) is 0 Å². The molecule has 0 spiro atoms. The van der Waals surface area contributed by atoms with Crippen LogP contribution >= 0.6 is 0 Å². The molecule has 0 fully saturated rings. The number of unbranched alkanes of at least 4 members (excludes halogenated alkanes) is 16. The highest BCUT2D eigenvalue weighted by Gasteiger charge is 2.00. The van der Waals surface area contributed by atoms with Gasteiger partial charge in [0.15, 0.2) is 0 Å². The third-order valence-electron chi connectivity index (χ3n) is 4.95. The van der Waals surface area contributed by atoms with E-state index >= 15 is 0 Å². The van der Waals surface area contributed by atoms with Crippen LogP contribution in [0.25, 0.3) is 0 Å². The van der Waals surface area contributed by atoms with E-state index < -0.39 is 10.1 Å². The summed E-state index contributed by atoms with van der Waals surface area (Å²) in [5.74, 6) is 0. The van der Waals surface area contributed by atoms with Crippen LogP contribution in [0.5, 0.6) is 0 Å². The van der Waals surface area contributed by atoms with Crippen molar-refractivity contribution in [3.8, 4) is 0 Å². The molecule has 0 heterocycles. The fourth-order valence-electron chi connectivity index (χ4n) is 3.27. The van der Waals surface area contributed by atoms with Crippen molar-refractivity contribution in [2.24, 2.45) is 0 Å². The van der Waals surface area contributed by atoms with Gasteiger partial charge >= 0.3 is 0 Å². The van der Waals surface area contributed by atoms with E-state index in [2.05, 4.69) is 19.1 Å². The van der Waals surface area contributed by atoms with Gasteiger partial charge < -0.3 is 0 Å². The first kappa shape index (κ1) is 26.6. The Balaban J connectivity index is 3.13. The van der Waals surface area contributed by atoms with Gasteiger partial charge in [-0.15, -0.1) is 0 Å².